The second-order valence-corrected chi connectivity index (χ2v) is 6.47. The van der Waals surface area contributed by atoms with Crippen molar-refractivity contribution in [2.45, 2.75) is 19.6 Å². The third kappa shape index (κ3) is 2.36. The average molecular weight is 349 g/mol. The lowest BCUT2D eigenvalue weighted by atomic mass is 10.1. The summed E-state index contributed by atoms with van der Waals surface area (Å²) in [4.78, 5) is 17.0. The molecule has 0 bridgehead atoms. The topological polar surface area (TPSA) is 78.5 Å². The van der Waals surface area contributed by atoms with E-state index in [4.69, 9.17) is 5.10 Å². The number of aromatic nitrogens is 4. The van der Waals surface area contributed by atoms with Gasteiger partial charge in [0.15, 0.2) is 0 Å². The van der Waals surface area contributed by atoms with Gasteiger partial charge < -0.3 is 15.3 Å². The number of imidazole rings is 1. The monoisotopic (exact) mass is 349 g/mol. The van der Waals surface area contributed by atoms with Crippen LogP contribution >= 0.6 is 0 Å². The van der Waals surface area contributed by atoms with Gasteiger partial charge in [0.1, 0.15) is 5.82 Å². The van der Waals surface area contributed by atoms with Crippen molar-refractivity contribution in [1.29, 1.82) is 0 Å². The molecular formula is C19H16FN5O. The van der Waals surface area contributed by atoms with E-state index in [9.17, 15) is 9.18 Å². The molecule has 7 heteroatoms. The van der Waals surface area contributed by atoms with Crippen molar-refractivity contribution < 1.29 is 4.39 Å². The molecule has 5 rings (SSSR count). The molecule has 0 atom stereocenters. The number of fused-ring (bicyclic) bond motifs is 2. The number of hydrogen-bond acceptors (Lipinski definition) is 3. The molecule has 2 aromatic heterocycles. The zero-order valence-electron chi connectivity index (χ0n) is 13.8. The van der Waals surface area contributed by atoms with Gasteiger partial charge in [0.2, 0.25) is 0 Å². The van der Waals surface area contributed by atoms with E-state index in [0.29, 0.717) is 25.2 Å². The van der Waals surface area contributed by atoms with E-state index in [1.165, 1.54) is 6.07 Å². The highest BCUT2D eigenvalue weighted by Gasteiger charge is 2.24. The zero-order valence-corrected chi connectivity index (χ0v) is 13.8. The Morgan fingerprint density at radius 1 is 1.08 bits per heavy atom. The van der Waals surface area contributed by atoms with Crippen molar-refractivity contribution in [3.05, 3.63) is 75.6 Å². The number of aromatic amines is 2. The molecule has 0 aliphatic carbocycles. The summed E-state index contributed by atoms with van der Waals surface area (Å²) in [7, 11) is 0. The molecule has 1 aliphatic rings. The van der Waals surface area contributed by atoms with E-state index < -0.39 is 0 Å². The first kappa shape index (κ1) is 15.1. The molecule has 0 spiro atoms. The lowest BCUT2D eigenvalue weighted by Crippen LogP contribution is -2.10. The summed E-state index contributed by atoms with van der Waals surface area (Å²) in [6.07, 6.45) is 0. The second-order valence-electron chi connectivity index (χ2n) is 6.47. The van der Waals surface area contributed by atoms with Crippen molar-refractivity contribution in [2.24, 2.45) is 0 Å². The highest BCUT2D eigenvalue weighted by molar-refractivity contribution is 5.75. The molecule has 0 amide bonds. The predicted molar refractivity (Wildman–Crippen MR) is 96.2 cm³/mol. The third-order valence-corrected chi connectivity index (χ3v) is 4.77. The van der Waals surface area contributed by atoms with Gasteiger partial charge in [-0.2, -0.15) is 5.10 Å². The molecule has 0 fully saturated rings. The van der Waals surface area contributed by atoms with Crippen molar-refractivity contribution in [3.63, 3.8) is 0 Å². The Bertz CT molecular complexity index is 1190. The number of nitrogens with one attached hydrogen (secondary N) is 3. The Labute approximate surface area is 147 Å². The minimum Gasteiger partial charge on any atom is -0.307 e. The van der Waals surface area contributed by atoms with Gasteiger partial charge in [0.05, 0.1) is 29.0 Å². The van der Waals surface area contributed by atoms with Crippen molar-refractivity contribution in [2.75, 3.05) is 0 Å². The molecule has 0 saturated heterocycles. The normalized spacial score (nSPS) is 13.4. The van der Waals surface area contributed by atoms with Crippen LogP contribution in [0.15, 0.2) is 47.3 Å². The molecule has 4 aromatic rings. The second kappa shape index (κ2) is 5.67. The fourth-order valence-corrected chi connectivity index (χ4v) is 3.60. The number of hydrogen-bond donors (Lipinski definition) is 3. The predicted octanol–water partition coefficient (Wildman–Crippen LogP) is 2.51. The zero-order chi connectivity index (χ0) is 17.7. The van der Waals surface area contributed by atoms with Crippen LogP contribution in [0.5, 0.6) is 0 Å². The lowest BCUT2D eigenvalue weighted by molar-refractivity contribution is 0.619. The Balaban J connectivity index is 1.62. The van der Waals surface area contributed by atoms with Gasteiger partial charge in [-0.3, -0.25) is 4.68 Å². The van der Waals surface area contributed by atoms with Crippen LogP contribution in [-0.4, -0.2) is 19.7 Å². The standard InChI is InChI=1S/C19H16FN5O/c20-14-4-2-1-3-12(14)18-13-8-21-9-17(13)24-25(18)10-11-5-6-15-16(7-11)23-19(26)22-15/h1-7,21H,8-10H2,(H2,22,23,26). The maximum atomic E-state index is 14.4. The molecule has 2 aromatic carbocycles. The maximum absolute atomic E-state index is 14.4. The number of nitrogens with zero attached hydrogens (tertiary/aromatic N) is 2. The van der Waals surface area contributed by atoms with Crippen LogP contribution in [0.4, 0.5) is 4.39 Å². The molecule has 6 nitrogen and oxygen atoms in total. The average Bonchev–Trinajstić information content (AvgIpc) is 3.29. The van der Waals surface area contributed by atoms with Crippen LogP contribution < -0.4 is 11.0 Å². The summed E-state index contributed by atoms with van der Waals surface area (Å²) in [6, 6.07) is 12.5. The van der Waals surface area contributed by atoms with E-state index in [0.717, 1.165) is 33.5 Å². The SMILES string of the molecule is O=c1[nH]c2ccc(Cn3nc4c(c3-c3ccccc3F)CNC4)cc2[nH]1. The summed E-state index contributed by atoms with van der Waals surface area (Å²) in [5, 5.41) is 7.97. The van der Waals surface area contributed by atoms with Gasteiger partial charge in [0.25, 0.3) is 0 Å². The summed E-state index contributed by atoms with van der Waals surface area (Å²) in [6.45, 7) is 1.87. The van der Waals surface area contributed by atoms with E-state index in [1.54, 1.807) is 12.1 Å². The van der Waals surface area contributed by atoms with Crippen LogP contribution in [0.2, 0.25) is 0 Å². The lowest BCUT2D eigenvalue weighted by Gasteiger charge is -2.11. The van der Waals surface area contributed by atoms with Crippen LogP contribution in [0.1, 0.15) is 16.8 Å². The molecule has 3 heterocycles. The van der Waals surface area contributed by atoms with Crippen molar-refractivity contribution in [1.82, 2.24) is 25.1 Å². The van der Waals surface area contributed by atoms with Crippen molar-refractivity contribution in [3.8, 4) is 11.3 Å². The third-order valence-electron chi connectivity index (χ3n) is 4.77. The first-order chi connectivity index (χ1) is 12.7. The fourth-order valence-electron chi connectivity index (χ4n) is 3.60. The minimum absolute atomic E-state index is 0.228. The molecule has 130 valence electrons. The van der Waals surface area contributed by atoms with E-state index >= 15 is 0 Å². The molecule has 0 radical (unpaired) electrons. The van der Waals surface area contributed by atoms with E-state index in [2.05, 4.69) is 15.3 Å². The number of H-pyrrole nitrogens is 2. The van der Waals surface area contributed by atoms with Gasteiger partial charge in [-0.25, -0.2) is 9.18 Å². The van der Waals surface area contributed by atoms with E-state index in [1.807, 2.05) is 28.9 Å². The Hall–Kier alpha value is -3.19. The molecule has 26 heavy (non-hydrogen) atoms. The Morgan fingerprint density at radius 3 is 2.81 bits per heavy atom. The highest BCUT2D eigenvalue weighted by atomic mass is 19.1. The van der Waals surface area contributed by atoms with Gasteiger partial charge in [-0.05, 0) is 29.8 Å². The number of rotatable bonds is 3. The van der Waals surface area contributed by atoms with Gasteiger partial charge in [-0.1, -0.05) is 18.2 Å². The number of benzene rings is 2. The van der Waals surface area contributed by atoms with Gasteiger partial charge in [-0.15, -0.1) is 0 Å². The molecule has 0 unspecified atom stereocenters. The van der Waals surface area contributed by atoms with Crippen molar-refractivity contribution >= 4 is 11.0 Å². The molecule has 0 saturated carbocycles. The molecule has 1 aliphatic heterocycles. The van der Waals surface area contributed by atoms with E-state index in [-0.39, 0.29) is 11.5 Å². The minimum atomic E-state index is -0.256. The van der Waals surface area contributed by atoms with Crippen LogP contribution in [0.25, 0.3) is 22.3 Å². The molecular weight excluding hydrogens is 333 g/mol. The quantitative estimate of drug-likeness (QED) is 0.532. The largest absolute Gasteiger partial charge is 0.323 e. The Morgan fingerprint density at radius 2 is 1.92 bits per heavy atom. The van der Waals surface area contributed by atoms with Crippen LogP contribution in [0, 0.1) is 5.82 Å². The molecule has 3 N–H and O–H groups in total. The Kier molecular flexibility index (Phi) is 3.29. The summed E-state index contributed by atoms with van der Waals surface area (Å²) >= 11 is 0. The number of halogens is 1. The summed E-state index contributed by atoms with van der Waals surface area (Å²) in [5.74, 6) is -0.256. The van der Waals surface area contributed by atoms with Crippen LogP contribution in [-0.2, 0) is 19.6 Å². The van der Waals surface area contributed by atoms with Crippen LogP contribution in [0.3, 0.4) is 0 Å². The maximum Gasteiger partial charge on any atom is 0.323 e. The smallest absolute Gasteiger partial charge is 0.307 e. The summed E-state index contributed by atoms with van der Waals surface area (Å²) < 4.78 is 16.3. The summed E-state index contributed by atoms with van der Waals surface area (Å²) in [5.41, 5.74) is 5.65. The fraction of sp³-hybridized carbons (Fsp3) is 0.158. The van der Waals surface area contributed by atoms with Gasteiger partial charge >= 0.3 is 5.69 Å². The first-order valence-corrected chi connectivity index (χ1v) is 8.44. The highest BCUT2D eigenvalue weighted by Crippen LogP contribution is 2.31. The van der Waals surface area contributed by atoms with Gasteiger partial charge in [0, 0.05) is 24.2 Å². The first-order valence-electron chi connectivity index (χ1n) is 8.44.